The summed E-state index contributed by atoms with van der Waals surface area (Å²) >= 11 is 0. The first-order chi connectivity index (χ1) is 22.0. The number of amides is 2. The molecule has 2 amide bonds. The maximum atomic E-state index is 14.8. The number of aliphatic hydroxyl groups is 1. The smallest absolute Gasteiger partial charge is 0.251 e. The lowest BCUT2D eigenvalue weighted by atomic mass is 10.0. The van der Waals surface area contributed by atoms with Crippen LogP contribution in [0.5, 0.6) is 5.75 Å². The molecular formula is C30H36F2N10O4. The summed E-state index contributed by atoms with van der Waals surface area (Å²) in [6.07, 6.45) is 4.18. The first kappa shape index (κ1) is 33.5. The summed E-state index contributed by atoms with van der Waals surface area (Å²) in [5, 5.41) is 18.7. The number of aromatic nitrogens is 3. The minimum absolute atomic E-state index is 0.00201. The minimum Gasteiger partial charge on any atom is -0.494 e. The molecule has 46 heavy (non-hydrogen) atoms. The van der Waals surface area contributed by atoms with Gasteiger partial charge in [-0.3, -0.25) is 19.0 Å². The van der Waals surface area contributed by atoms with Crippen LogP contribution in [0.25, 0.3) is 16.9 Å². The first-order valence-electron chi connectivity index (χ1n) is 14.3. The van der Waals surface area contributed by atoms with Gasteiger partial charge in [0.05, 0.1) is 31.1 Å². The van der Waals surface area contributed by atoms with Crippen molar-refractivity contribution in [1.29, 1.82) is 0 Å². The van der Waals surface area contributed by atoms with E-state index in [4.69, 9.17) is 21.9 Å². The second-order valence-electron chi connectivity index (χ2n) is 10.2. The first-order valence-corrected chi connectivity index (χ1v) is 14.3. The zero-order chi connectivity index (χ0) is 33.4. The van der Waals surface area contributed by atoms with Crippen LogP contribution in [-0.2, 0) is 11.2 Å². The van der Waals surface area contributed by atoms with Crippen LogP contribution < -0.4 is 37.9 Å². The van der Waals surface area contributed by atoms with E-state index in [1.54, 1.807) is 28.8 Å². The molecule has 4 aromatic rings. The second-order valence-corrected chi connectivity index (χ2v) is 10.2. The Morgan fingerprint density at radius 3 is 2.59 bits per heavy atom. The van der Waals surface area contributed by atoms with Gasteiger partial charge in [-0.05, 0) is 48.7 Å². The predicted molar refractivity (Wildman–Crippen MR) is 169 cm³/mol. The van der Waals surface area contributed by atoms with Crippen molar-refractivity contribution in [2.45, 2.75) is 31.9 Å². The van der Waals surface area contributed by atoms with Crippen molar-refractivity contribution < 1.29 is 28.2 Å². The zero-order valence-corrected chi connectivity index (χ0v) is 25.3. The number of carbonyl (C=O) groups excluding carboxylic acids is 2. The monoisotopic (exact) mass is 638 g/mol. The van der Waals surface area contributed by atoms with Crippen molar-refractivity contribution in [3.8, 4) is 17.0 Å². The molecule has 0 aliphatic carbocycles. The number of imidazole rings is 1. The fourth-order valence-electron chi connectivity index (χ4n) is 4.61. The number of halogens is 2. The highest BCUT2D eigenvalue weighted by atomic mass is 19.2. The molecule has 0 spiro atoms. The fourth-order valence-corrected chi connectivity index (χ4v) is 4.61. The average Bonchev–Trinajstić information content (AvgIpc) is 3.48. The van der Waals surface area contributed by atoms with Crippen LogP contribution >= 0.6 is 0 Å². The summed E-state index contributed by atoms with van der Waals surface area (Å²) in [5.41, 5.74) is 18.7. The summed E-state index contributed by atoms with van der Waals surface area (Å²) in [4.78, 5) is 37.6. The average molecular weight is 639 g/mol. The van der Waals surface area contributed by atoms with Crippen LogP contribution in [0.4, 0.5) is 20.3 Å². The van der Waals surface area contributed by atoms with Gasteiger partial charge in [0.25, 0.3) is 5.91 Å². The normalized spacial score (nSPS) is 12.3. The van der Waals surface area contributed by atoms with Crippen molar-refractivity contribution in [1.82, 2.24) is 25.0 Å². The molecule has 2 atom stereocenters. The second kappa shape index (κ2) is 15.1. The highest BCUT2D eigenvalue weighted by molar-refractivity contribution is 5.96. The maximum absolute atomic E-state index is 14.8. The summed E-state index contributed by atoms with van der Waals surface area (Å²) in [5.74, 6) is -3.01. The third-order valence-corrected chi connectivity index (χ3v) is 7.05. The van der Waals surface area contributed by atoms with Gasteiger partial charge in [0, 0.05) is 48.8 Å². The summed E-state index contributed by atoms with van der Waals surface area (Å²) < 4.78 is 35.7. The van der Waals surface area contributed by atoms with Gasteiger partial charge in [-0.15, -0.1) is 0 Å². The van der Waals surface area contributed by atoms with Gasteiger partial charge < -0.3 is 43.0 Å². The van der Waals surface area contributed by atoms with E-state index < -0.39 is 35.6 Å². The molecule has 4 rings (SSSR count). The third-order valence-electron chi connectivity index (χ3n) is 7.05. The van der Waals surface area contributed by atoms with E-state index in [-0.39, 0.29) is 43.3 Å². The van der Waals surface area contributed by atoms with Crippen LogP contribution in [0, 0.1) is 11.6 Å². The molecule has 0 saturated carbocycles. The predicted octanol–water partition coefficient (Wildman–Crippen LogP) is 1.19. The van der Waals surface area contributed by atoms with Crippen LogP contribution in [0.15, 0.2) is 53.9 Å². The summed E-state index contributed by atoms with van der Waals surface area (Å²) in [6.45, 7) is 1.85. The number of nitrogens with zero attached hydrogens (tertiary/aromatic N) is 4. The third kappa shape index (κ3) is 7.83. The van der Waals surface area contributed by atoms with Crippen molar-refractivity contribution in [3.05, 3.63) is 71.7 Å². The van der Waals surface area contributed by atoms with Crippen molar-refractivity contribution in [2.24, 2.45) is 22.2 Å². The van der Waals surface area contributed by atoms with Gasteiger partial charge in [0.1, 0.15) is 0 Å². The number of fused-ring (bicyclic) bond motifs is 1. The number of hydrogen-bond donors (Lipinski definition) is 7. The molecule has 2 aromatic heterocycles. The van der Waals surface area contributed by atoms with E-state index in [0.29, 0.717) is 40.4 Å². The van der Waals surface area contributed by atoms with E-state index in [9.17, 15) is 23.5 Å². The Bertz CT molecular complexity index is 1740. The van der Waals surface area contributed by atoms with Crippen LogP contribution in [0.1, 0.15) is 29.3 Å². The number of aryl methyl sites for hydroxylation is 1. The summed E-state index contributed by atoms with van der Waals surface area (Å²) in [7, 11) is 1.26. The number of aliphatic imine (C=N–C) groups is 1. The Morgan fingerprint density at radius 1 is 1.11 bits per heavy atom. The topological polar surface area (TPSA) is 220 Å². The largest absolute Gasteiger partial charge is 0.494 e. The quantitative estimate of drug-likeness (QED) is 0.0772. The van der Waals surface area contributed by atoms with Gasteiger partial charge in [0.2, 0.25) is 11.7 Å². The van der Waals surface area contributed by atoms with E-state index >= 15 is 0 Å². The number of methoxy groups -OCH3 is 1. The van der Waals surface area contributed by atoms with E-state index in [1.165, 1.54) is 31.6 Å². The molecule has 244 valence electrons. The van der Waals surface area contributed by atoms with E-state index in [1.807, 2.05) is 6.92 Å². The molecule has 0 saturated heterocycles. The van der Waals surface area contributed by atoms with Gasteiger partial charge in [-0.25, -0.2) is 14.4 Å². The molecule has 10 N–H and O–H groups in total. The van der Waals surface area contributed by atoms with Crippen LogP contribution in [-0.4, -0.2) is 76.1 Å². The number of guanidine groups is 1. The lowest BCUT2D eigenvalue weighted by molar-refractivity contribution is -0.122. The van der Waals surface area contributed by atoms with Crippen molar-refractivity contribution in [2.75, 3.05) is 32.1 Å². The highest BCUT2D eigenvalue weighted by Gasteiger charge is 2.20. The molecule has 0 aliphatic heterocycles. The lowest BCUT2D eigenvalue weighted by Crippen LogP contribution is -2.46. The number of anilines is 2. The number of ether oxygens (including phenoxy) is 1. The molecule has 14 nitrogen and oxygen atoms in total. The Balaban J connectivity index is 1.40. The molecule has 0 fully saturated rings. The highest BCUT2D eigenvalue weighted by Crippen LogP contribution is 2.31. The number of carbonyl (C=O) groups is 2. The van der Waals surface area contributed by atoms with Gasteiger partial charge in [0.15, 0.2) is 29.0 Å². The summed E-state index contributed by atoms with van der Waals surface area (Å²) in [6, 6.07) is 6.99. The molecule has 2 aromatic carbocycles. The Labute approximate surface area is 263 Å². The SMILES string of the molecule is CCc1cc(Nc2nccn3c(-c4ccc(OC)c(F)c4F)cnc23)ccc1C(=O)NCC(O)CNC(=O)C(N)CCN=C(N)N. The maximum Gasteiger partial charge on any atom is 0.251 e. The van der Waals surface area contributed by atoms with Crippen molar-refractivity contribution in [3.63, 3.8) is 0 Å². The Hall–Kier alpha value is -5.35. The number of aliphatic hydroxyl groups excluding tert-OH is 1. The van der Waals surface area contributed by atoms with Gasteiger partial charge in [-0.1, -0.05) is 6.92 Å². The zero-order valence-electron chi connectivity index (χ0n) is 25.3. The fraction of sp³-hybridized carbons (Fsp3) is 0.300. The van der Waals surface area contributed by atoms with E-state index in [2.05, 4.69) is 30.9 Å². The molecule has 0 aliphatic rings. The van der Waals surface area contributed by atoms with Crippen LogP contribution in [0.3, 0.4) is 0 Å². The number of nitrogens with two attached hydrogens (primary N) is 3. The molecule has 0 radical (unpaired) electrons. The standard InChI is InChI=1S/C30H36F2N10O4/c1-3-16-12-17(4-5-19(16)28(44)39-13-18(43)14-40-29(45)21(33)8-9-37-30(34)35)41-26-27-38-15-22(42(27)11-10-36-26)20-6-7-23(46-2)25(32)24(20)31/h4-7,10-12,15,18,21,43H,3,8-9,13-14,33H2,1-2H3,(H,36,41)(H,39,44)(H,40,45)(H4,34,35,37). The minimum atomic E-state index is -1.10. The molecular weight excluding hydrogens is 602 g/mol. The molecule has 16 heteroatoms. The molecule has 0 bridgehead atoms. The Morgan fingerprint density at radius 2 is 1.87 bits per heavy atom. The Kier molecular flexibility index (Phi) is 11.0. The number of rotatable bonds is 14. The van der Waals surface area contributed by atoms with Crippen molar-refractivity contribution >= 4 is 34.9 Å². The molecule has 2 heterocycles. The van der Waals surface area contributed by atoms with E-state index in [0.717, 1.165) is 0 Å². The van der Waals surface area contributed by atoms with Gasteiger partial charge in [-0.2, -0.15) is 4.39 Å². The number of benzene rings is 2. The lowest BCUT2D eigenvalue weighted by Gasteiger charge is -2.16. The number of hydrogen-bond acceptors (Lipinski definition) is 9. The van der Waals surface area contributed by atoms with Gasteiger partial charge >= 0.3 is 0 Å². The molecule has 2 unspecified atom stereocenters. The number of nitrogens with one attached hydrogen (secondary N) is 3. The van der Waals surface area contributed by atoms with Crippen LogP contribution in [0.2, 0.25) is 0 Å².